The zero-order valence-corrected chi connectivity index (χ0v) is 7.23. The lowest BCUT2D eigenvalue weighted by Crippen LogP contribution is -2.13. The molecule has 1 rings (SSSR count). The Hall–Kier alpha value is -0.500. The lowest BCUT2D eigenvalue weighted by molar-refractivity contribution is -0.115. The topological polar surface area (TPSA) is 26.3 Å². The van der Waals surface area contributed by atoms with E-state index in [0.717, 1.165) is 18.6 Å². The van der Waals surface area contributed by atoms with Crippen molar-refractivity contribution in [1.29, 1.82) is 0 Å². The SMILES string of the molecule is COC1=CCCC(C(=O)Cl)C1. The van der Waals surface area contributed by atoms with E-state index in [4.69, 9.17) is 16.3 Å². The first-order chi connectivity index (χ1) is 5.24. The third-order valence-electron chi connectivity index (χ3n) is 1.92. The van der Waals surface area contributed by atoms with Gasteiger partial charge in [0.05, 0.1) is 12.9 Å². The van der Waals surface area contributed by atoms with Crippen molar-refractivity contribution in [2.45, 2.75) is 19.3 Å². The first kappa shape index (κ1) is 8.60. The molecule has 0 aromatic heterocycles. The first-order valence-electron chi connectivity index (χ1n) is 3.66. The van der Waals surface area contributed by atoms with Gasteiger partial charge in [-0.3, -0.25) is 4.79 Å². The maximum Gasteiger partial charge on any atom is 0.225 e. The molecule has 1 atom stereocenters. The molecule has 2 nitrogen and oxygen atoms in total. The Balaban J connectivity index is 2.53. The van der Waals surface area contributed by atoms with E-state index in [-0.39, 0.29) is 11.2 Å². The Labute approximate surface area is 71.2 Å². The number of carbonyl (C=O) groups is 1. The molecule has 0 bridgehead atoms. The molecule has 0 fully saturated rings. The highest BCUT2D eigenvalue weighted by molar-refractivity contribution is 6.64. The van der Waals surface area contributed by atoms with Gasteiger partial charge in [0, 0.05) is 12.3 Å². The van der Waals surface area contributed by atoms with E-state index in [1.54, 1.807) is 7.11 Å². The van der Waals surface area contributed by atoms with Crippen molar-refractivity contribution in [1.82, 2.24) is 0 Å². The van der Waals surface area contributed by atoms with Crippen LogP contribution in [0.5, 0.6) is 0 Å². The highest BCUT2D eigenvalue weighted by Gasteiger charge is 2.20. The second kappa shape index (κ2) is 3.77. The van der Waals surface area contributed by atoms with Gasteiger partial charge in [-0.1, -0.05) is 0 Å². The second-order valence-corrected chi connectivity index (χ2v) is 3.03. The molecule has 1 aliphatic rings. The first-order valence-corrected chi connectivity index (χ1v) is 4.04. The summed E-state index contributed by atoms with van der Waals surface area (Å²) in [6.07, 6.45) is 4.43. The minimum Gasteiger partial charge on any atom is -0.501 e. The van der Waals surface area contributed by atoms with E-state index in [1.807, 2.05) is 6.08 Å². The van der Waals surface area contributed by atoms with Crippen molar-refractivity contribution in [2.24, 2.45) is 5.92 Å². The molecular formula is C8H11ClO2. The Morgan fingerprint density at radius 2 is 2.55 bits per heavy atom. The number of halogens is 1. The summed E-state index contributed by atoms with van der Waals surface area (Å²) in [5, 5.41) is -0.243. The zero-order chi connectivity index (χ0) is 8.27. The van der Waals surface area contributed by atoms with E-state index in [9.17, 15) is 4.79 Å². The third kappa shape index (κ3) is 2.22. The van der Waals surface area contributed by atoms with Crippen LogP contribution < -0.4 is 0 Å². The van der Waals surface area contributed by atoms with E-state index in [2.05, 4.69) is 0 Å². The summed E-state index contributed by atoms with van der Waals surface area (Å²) >= 11 is 5.36. The third-order valence-corrected chi connectivity index (χ3v) is 2.23. The summed E-state index contributed by atoms with van der Waals surface area (Å²) < 4.78 is 5.02. The maximum absolute atomic E-state index is 10.7. The number of ether oxygens (including phenoxy) is 1. The molecule has 62 valence electrons. The molecule has 0 heterocycles. The minimum atomic E-state index is -0.243. The predicted molar refractivity (Wildman–Crippen MR) is 43.3 cm³/mol. The van der Waals surface area contributed by atoms with Gasteiger partial charge >= 0.3 is 0 Å². The Morgan fingerprint density at radius 1 is 1.82 bits per heavy atom. The lowest BCUT2D eigenvalue weighted by atomic mass is 9.94. The van der Waals surface area contributed by atoms with Gasteiger partial charge in [0.2, 0.25) is 5.24 Å². The summed E-state index contributed by atoms with van der Waals surface area (Å²) in [5.41, 5.74) is 0. The highest BCUT2D eigenvalue weighted by Crippen LogP contribution is 2.25. The number of hydrogen-bond donors (Lipinski definition) is 0. The van der Waals surface area contributed by atoms with Crippen LogP contribution in [0.1, 0.15) is 19.3 Å². The van der Waals surface area contributed by atoms with Crippen molar-refractivity contribution < 1.29 is 9.53 Å². The lowest BCUT2D eigenvalue weighted by Gasteiger charge is -2.17. The van der Waals surface area contributed by atoms with Crippen LogP contribution in [0.15, 0.2) is 11.8 Å². The molecule has 0 aliphatic heterocycles. The fourth-order valence-corrected chi connectivity index (χ4v) is 1.42. The van der Waals surface area contributed by atoms with Crippen molar-refractivity contribution in [3.05, 3.63) is 11.8 Å². The standard InChI is InChI=1S/C8H11ClO2/c1-11-7-4-2-3-6(5-7)8(9)10/h4,6H,2-3,5H2,1H3. The van der Waals surface area contributed by atoms with Gasteiger partial charge in [-0.15, -0.1) is 0 Å². The molecule has 0 aromatic rings. The van der Waals surface area contributed by atoms with Gasteiger partial charge in [0.15, 0.2) is 0 Å². The Bertz CT molecular complexity index is 187. The minimum absolute atomic E-state index is 0.0309. The van der Waals surface area contributed by atoms with Crippen LogP contribution in [0.25, 0.3) is 0 Å². The number of carbonyl (C=O) groups excluding carboxylic acids is 1. The van der Waals surface area contributed by atoms with Crippen molar-refractivity contribution in [3.63, 3.8) is 0 Å². The van der Waals surface area contributed by atoms with Gasteiger partial charge in [0.1, 0.15) is 0 Å². The van der Waals surface area contributed by atoms with Crippen LogP contribution in [0, 0.1) is 5.92 Å². The molecule has 0 saturated carbocycles. The molecule has 11 heavy (non-hydrogen) atoms. The van der Waals surface area contributed by atoms with E-state index < -0.39 is 0 Å². The van der Waals surface area contributed by atoms with Gasteiger partial charge in [-0.25, -0.2) is 0 Å². The fraction of sp³-hybridized carbons (Fsp3) is 0.625. The second-order valence-electron chi connectivity index (χ2n) is 2.66. The predicted octanol–water partition coefficient (Wildman–Crippen LogP) is 2.08. The summed E-state index contributed by atoms with van der Waals surface area (Å²) in [5.74, 6) is 0.854. The summed E-state index contributed by atoms with van der Waals surface area (Å²) in [6, 6.07) is 0. The average molecular weight is 175 g/mol. The normalized spacial score (nSPS) is 24.2. The number of rotatable bonds is 2. The number of methoxy groups -OCH3 is 1. The quantitative estimate of drug-likeness (QED) is 0.600. The zero-order valence-electron chi connectivity index (χ0n) is 6.47. The van der Waals surface area contributed by atoms with E-state index >= 15 is 0 Å². The fourth-order valence-electron chi connectivity index (χ4n) is 1.23. The summed E-state index contributed by atoms with van der Waals surface area (Å²) in [7, 11) is 1.62. The van der Waals surface area contributed by atoms with Crippen LogP contribution in [0.3, 0.4) is 0 Å². The molecule has 0 saturated heterocycles. The smallest absolute Gasteiger partial charge is 0.225 e. The molecule has 0 spiro atoms. The number of allylic oxidation sites excluding steroid dienone is 2. The van der Waals surface area contributed by atoms with Crippen LogP contribution >= 0.6 is 11.6 Å². The molecular weight excluding hydrogens is 164 g/mol. The Kier molecular flexibility index (Phi) is 2.94. The van der Waals surface area contributed by atoms with Crippen LogP contribution in [0.4, 0.5) is 0 Å². The number of hydrogen-bond acceptors (Lipinski definition) is 2. The molecule has 3 heteroatoms. The molecule has 0 radical (unpaired) electrons. The van der Waals surface area contributed by atoms with Crippen molar-refractivity contribution in [3.8, 4) is 0 Å². The Morgan fingerprint density at radius 3 is 3.09 bits per heavy atom. The molecule has 0 amide bonds. The van der Waals surface area contributed by atoms with Crippen molar-refractivity contribution >= 4 is 16.8 Å². The highest BCUT2D eigenvalue weighted by atomic mass is 35.5. The molecule has 1 aliphatic carbocycles. The monoisotopic (exact) mass is 174 g/mol. The van der Waals surface area contributed by atoms with E-state index in [0.29, 0.717) is 6.42 Å². The van der Waals surface area contributed by atoms with Gasteiger partial charge in [-0.2, -0.15) is 0 Å². The average Bonchev–Trinajstić information content (AvgIpc) is 2.05. The van der Waals surface area contributed by atoms with E-state index in [1.165, 1.54) is 0 Å². The molecule has 0 N–H and O–H groups in total. The van der Waals surface area contributed by atoms with Gasteiger partial charge in [0.25, 0.3) is 0 Å². The van der Waals surface area contributed by atoms with Crippen LogP contribution in [0.2, 0.25) is 0 Å². The van der Waals surface area contributed by atoms with Crippen molar-refractivity contribution in [2.75, 3.05) is 7.11 Å². The summed E-state index contributed by atoms with van der Waals surface area (Å²) in [4.78, 5) is 10.7. The molecule has 0 aromatic carbocycles. The molecule has 1 unspecified atom stereocenters. The van der Waals surface area contributed by atoms with Gasteiger partial charge < -0.3 is 4.74 Å². The van der Waals surface area contributed by atoms with Gasteiger partial charge in [-0.05, 0) is 30.5 Å². The van der Waals surface area contributed by atoms with Crippen LogP contribution in [-0.4, -0.2) is 12.4 Å². The largest absolute Gasteiger partial charge is 0.501 e. The van der Waals surface area contributed by atoms with Crippen LogP contribution in [-0.2, 0) is 9.53 Å². The maximum atomic E-state index is 10.7. The summed E-state index contributed by atoms with van der Waals surface area (Å²) in [6.45, 7) is 0.